The van der Waals surface area contributed by atoms with Gasteiger partial charge in [-0.2, -0.15) is 4.98 Å². The molecule has 1 aromatic heterocycles. The van der Waals surface area contributed by atoms with Crippen LogP contribution in [0.25, 0.3) is 11.4 Å². The topological polar surface area (TPSA) is 94.0 Å². The van der Waals surface area contributed by atoms with Crippen LogP contribution < -0.4 is 11.1 Å². The lowest BCUT2D eigenvalue weighted by atomic mass is 9.67. The highest BCUT2D eigenvalue weighted by atomic mass is 16.5. The van der Waals surface area contributed by atoms with E-state index in [0.717, 1.165) is 18.7 Å². The molecule has 4 rings (SSSR count). The number of primary amides is 1. The molecule has 1 aromatic carbocycles. The van der Waals surface area contributed by atoms with E-state index in [1.165, 1.54) is 32.1 Å². The van der Waals surface area contributed by atoms with Gasteiger partial charge in [-0.3, -0.25) is 4.79 Å². The van der Waals surface area contributed by atoms with Crippen molar-refractivity contribution in [2.45, 2.75) is 38.0 Å². The number of amides is 1. The van der Waals surface area contributed by atoms with Gasteiger partial charge in [-0.1, -0.05) is 36.6 Å². The van der Waals surface area contributed by atoms with Gasteiger partial charge in [0.15, 0.2) is 0 Å². The van der Waals surface area contributed by atoms with E-state index >= 15 is 0 Å². The van der Waals surface area contributed by atoms with Crippen LogP contribution in [0.15, 0.2) is 28.8 Å². The van der Waals surface area contributed by atoms with Crippen LogP contribution in [0.2, 0.25) is 0 Å². The minimum atomic E-state index is -0.457. The normalized spacial score (nSPS) is 22.8. The van der Waals surface area contributed by atoms with E-state index in [4.69, 9.17) is 10.3 Å². The number of benzene rings is 1. The maximum atomic E-state index is 11.4. The number of nitrogens with zero attached hydrogens (tertiary/aromatic N) is 2. The Bertz CT molecular complexity index is 749. The van der Waals surface area contributed by atoms with Crippen LogP contribution in [0, 0.1) is 5.41 Å². The fourth-order valence-electron chi connectivity index (χ4n) is 4.24. The fraction of sp³-hybridized carbons (Fsp3) is 0.500. The van der Waals surface area contributed by atoms with Gasteiger partial charge in [-0.05, 0) is 30.4 Å². The quantitative estimate of drug-likeness (QED) is 0.903. The van der Waals surface area contributed by atoms with Crippen LogP contribution in [0.5, 0.6) is 0 Å². The summed E-state index contributed by atoms with van der Waals surface area (Å²) in [5.41, 5.74) is 6.81. The summed E-state index contributed by atoms with van der Waals surface area (Å²) >= 11 is 0. The Labute approximate surface area is 140 Å². The van der Waals surface area contributed by atoms with Gasteiger partial charge >= 0.3 is 0 Å². The maximum absolute atomic E-state index is 11.4. The molecular formula is C18H22N4O2. The summed E-state index contributed by atoms with van der Waals surface area (Å²) in [7, 11) is 0. The molecule has 2 heterocycles. The molecule has 1 saturated carbocycles. The van der Waals surface area contributed by atoms with Crippen molar-refractivity contribution in [1.82, 2.24) is 15.5 Å². The number of hydrogen-bond donors (Lipinski definition) is 2. The number of hydrogen-bond acceptors (Lipinski definition) is 5. The molecule has 2 aliphatic rings. The van der Waals surface area contributed by atoms with Crippen molar-refractivity contribution in [2.75, 3.05) is 13.1 Å². The molecular weight excluding hydrogens is 304 g/mol. The second kappa shape index (κ2) is 6.02. The maximum Gasteiger partial charge on any atom is 0.248 e. The Morgan fingerprint density at radius 3 is 2.92 bits per heavy atom. The number of carbonyl (C=O) groups excluding carboxylic acids is 1. The van der Waals surface area contributed by atoms with E-state index in [1.54, 1.807) is 18.2 Å². The molecule has 24 heavy (non-hydrogen) atoms. The van der Waals surface area contributed by atoms with Crippen molar-refractivity contribution in [3.05, 3.63) is 35.7 Å². The molecule has 126 valence electrons. The molecule has 6 heteroatoms. The Kier molecular flexibility index (Phi) is 3.84. The minimum absolute atomic E-state index is 0.261. The van der Waals surface area contributed by atoms with E-state index in [0.29, 0.717) is 17.3 Å². The zero-order chi connectivity index (χ0) is 16.6. The van der Waals surface area contributed by atoms with Crippen molar-refractivity contribution in [2.24, 2.45) is 11.1 Å². The van der Waals surface area contributed by atoms with E-state index in [-0.39, 0.29) is 11.3 Å². The first-order valence-corrected chi connectivity index (χ1v) is 8.63. The van der Waals surface area contributed by atoms with Crippen molar-refractivity contribution in [3.8, 4) is 11.4 Å². The lowest BCUT2D eigenvalue weighted by Gasteiger charge is -2.36. The van der Waals surface area contributed by atoms with Crippen molar-refractivity contribution < 1.29 is 9.32 Å². The van der Waals surface area contributed by atoms with Gasteiger partial charge in [-0.15, -0.1) is 0 Å². The number of rotatable bonds is 3. The van der Waals surface area contributed by atoms with Gasteiger partial charge in [0, 0.05) is 24.2 Å². The largest absolute Gasteiger partial charge is 0.366 e. The Hall–Kier alpha value is -2.21. The highest BCUT2D eigenvalue weighted by Crippen LogP contribution is 2.49. The standard InChI is InChI=1S/C18H22N4O2/c19-15(23)12-5-4-6-13(9-12)16-21-17(24-22-16)14-10-20-11-18(14)7-2-1-3-8-18/h4-6,9,14,20H,1-3,7-8,10-11H2,(H2,19,23). The van der Waals surface area contributed by atoms with Gasteiger partial charge in [-0.25, -0.2) is 0 Å². The summed E-state index contributed by atoms with van der Waals surface area (Å²) in [6, 6.07) is 7.04. The zero-order valence-corrected chi connectivity index (χ0v) is 13.6. The van der Waals surface area contributed by atoms with E-state index in [9.17, 15) is 4.79 Å². The molecule has 1 aliphatic heterocycles. The van der Waals surface area contributed by atoms with Crippen LogP contribution >= 0.6 is 0 Å². The first-order valence-electron chi connectivity index (χ1n) is 8.63. The van der Waals surface area contributed by atoms with Gasteiger partial charge in [0.2, 0.25) is 17.6 Å². The average Bonchev–Trinajstić information content (AvgIpc) is 3.23. The molecule has 1 aliphatic carbocycles. The Balaban J connectivity index is 1.63. The number of nitrogens with one attached hydrogen (secondary N) is 1. The number of aromatic nitrogens is 2. The highest BCUT2D eigenvalue weighted by Gasteiger charge is 2.46. The molecule has 0 bridgehead atoms. The average molecular weight is 326 g/mol. The zero-order valence-electron chi connectivity index (χ0n) is 13.6. The molecule has 0 radical (unpaired) electrons. The first-order chi connectivity index (χ1) is 11.7. The second-order valence-electron chi connectivity index (χ2n) is 7.01. The smallest absolute Gasteiger partial charge is 0.248 e. The van der Waals surface area contributed by atoms with Gasteiger partial charge in [0.05, 0.1) is 5.92 Å². The third kappa shape index (κ3) is 2.60. The van der Waals surface area contributed by atoms with Crippen molar-refractivity contribution >= 4 is 5.91 Å². The molecule has 2 aromatic rings. The summed E-state index contributed by atoms with van der Waals surface area (Å²) in [5.74, 6) is 1.05. The third-order valence-electron chi connectivity index (χ3n) is 5.56. The molecule has 1 amide bonds. The third-order valence-corrected chi connectivity index (χ3v) is 5.56. The summed E-state index contributed by atoms with van der Waals surface area (Å²) < 4.78 is 5.61. The SMILES string of the molecule is NC(=O)c1cccc(-c2noc(C3CNCC34CCCCC4)n2)c1. The van der Waals surface area contributed by atoms with Crippen LogP contribution in [0.1, 0.15) is 54.3 Å². The first kappa shape index (κ1) is 15.3. The molecule has 1 atom stereocenters. The lowest BCUT2D eigenvalue weighted by Crippen LogP contribution is -2.31. The molecule has 1 saturated heterocycles. The van der Waals surface area contributed by atoms with Crippen LogP contribution in [-0.2, 0) is 0 Å². The second-order valence-corrected chi connectivity index (χ2v) is 7.01. The lowest BCUT2D eigenvalue weighted by molar-refractivity contribution is 0.100. The predicted molar refractivity (Wildman–Crippen MR) is 89.4 cm³/mol. The number of nitrogens with two attached hydrogens (primary N) is 1. The van der Waals surface area contributed by atoms with Crippen LogP contribution in [0.3, 0.4) is 0 Å². The van der Waals surface area contributed by atoms with Gasteiger partial charge < -0.3 is 15.6 Å². The predicted octanol–water partition coefficient (Wildman–Crippen LogP) is 2.47. The van der Waals surface area contributed by atoms with Crippen LogP contribution in [0.4, 0.5) is 0 Å². The number of carbonyl (C=O) groups is 1. The summed E-state index contributed by atoms with van der Waals surface area (Å²) in [4.78, 5) is 16.0. The van der Waals surface area contributed by atoms with Crippen molar-refractivity contribution in [3.63, 3.8) is 0 Å². The van der Waals surface area contributed by atoms with Gasteiger partial charge in [0.1, 0.15) is 0 Å². The highest BCUT2D eigenvalue weighted by molar-refractivity contribution is 5.93. The summed E-state index contributed by atoms with van der Waals surface area (Å²) in [6.45, 7) is 1.93. The van der Waals surface area contributed by atoms with E-state index in [2.05, 4.69) is 15.5 Å². The monoisotopic (exact) mass is 326 g/mol. The molecule has 2 fully saturated rings. The summed E-state index contributed by atoms with van der Waals surface area (Å²) in [5, 5.41) is 7.66. The summed E-state index contributed by atoms with van der Waals surface area (Å²) in [6.07, 6.45) is 6.32. The Morgan fingerprint density at radius 1 is 1.29 bits per heavy atom. The minimum Gasteiger partial charge on any atom is -0.366 e. The fourth-order valence-corrected chi connectivity index (χ4v) is 4.24. The molecule has 1 spiro atoms. The van der Waals surface area contributed by atoms with E-state index < -0.39 is 5.91 Å². The van der Waals surface area contributed by atoms with Gasteiger partial charge in [0.25, 0.3) is 0 Å². The molecule has 3 N–H and O–H groups in total. The van der Waals surface area contributed by atoms with E-state index in [1.807, 2.05) is 6.07 Å². The van der Waals surface area contributed by atoms with Crippen LogP contribution in [-0.4, -0.2) is 29.1 Å². The molecule has 6 nitrogen and oxygen atoms in total. The molecule has 1 unspecified atom stereocenters. The Morgan fingerprint density at radius 2 is 2.12 bits per heavy atom. The van der Waals surface area contributed by atoms with Crippen molar-refractivity contribution in [1.29, 1.82) is 0 Å².